The Hall–Kier alpha value is -2.33. The van der Waals surface area contributed by atoms with Gasteiger partial charge >= 0.3 is 5.97 Å². The van der Waals surface area contributed by atoms with E-state index in [4.69, 9.17) is 9.47 Å². The van der Waals surface area contributed by atoms with Gasteiger partial charge in [0.15, 0.2) is 6.61 Å². The van der Waals surface area contributed by atoms with Crippen molar-refractivity contribution in [3.05, 3.63) is 51.6 Å². The van der Waals surface area contributed by atoms with Crippen LogP contribution in [-0.4, -0.2) is 49.9 Å². The number of morpholine rings is 1. The molecule has 1 amide bonds. The number of anilines is 2. The lowest BCUT2D eigenvalue weighted by Gasteiger charge is -2.28. The summed E-state index contributed by atoms with van der Waals surface area (Å²) in [6.45, 7) is 2.66. The minimum atomic E-state index is -0.746. The number of phenols is 1. The highest BCUT2D eigenvalue weighted by molar-refractivity contribution is 14.1. The van der Waals surface area contributed by atoms with Crippen LogP contribution in [0.2, 0.25) is 0 Å². The van der Waals surface area contributed by atoms with Crippen LogP contribution >= 0.6 is 22.6 Å². The molecular formula is C19H19IN2O5. The monoisotopic (exact) mass is 482 g/mol. The number of amides is 1. The number of nitrogens with one attached hydrogen (secondary N) is 1. The van der Waals surface area contributed by atoms with E-state index in [2.05, 4.69) is 10.2 Å². The fourth-order valence-corrected chi connectivity index (χ4v) is 3.15. The summed E-state index contributed by atoms with van der Waals surface area (Å²) in [7, 11) is 0. The highest BCUT2D eigenvalue weighted by Crippen LogP contribution is 2.21. The molecule has 2 aromatic rings. The van der Waals surface area contributed by atoms with E-state index in [0.29, 0.717) is 18.9 Å². The summed E-state index contributed by atoms with van der Waals surface area (Å²) in [4.78, 5) is 26.2. The van der Waals surface area contributed by atoms with Gasteiger partial charge in [-0.15, -0.1) is 0 Å². The van der Waals surface area contributed by atoms with Gasteiger partial charge in [0, 0.05) is 28.0 Å². The average Bonchev–Trinajstić information content (AvgIpc) is 2.69. The number of benzene rings is 2. The van der Waals surface area contributed by atoms with Gasteiger partial charge < -0.3 is 24.8 Å². The molecule has 0 unspecified atom stereocenters. The van der Waals surface area contributed by atoms with Gasteiger partial charge in [0.2, 0.25) is 0 Å². The maximum atomic E-state index is 12.0. The summed E-state index contributed by atoms with van der Waals surface area (Å²) < 4.78 is 11.1. The first-order valence-corrected chi connectivity index (χ1v) is 9.49. The standard InChI is InChI=1S/C19H19IN2O5/c20-13-1-6-17(23)16(11-13)19(25)27-12-18(24)21-14-2-4-15(5-3-14)22-7-9-26-10-8-22/h1-6,11,23H,7-10,12H2,(H,21,24). The Labute approximate surface area is 170 Å². The summed E-state index contributed by atoms with van der Waals surface area (Å²) in [5, 5.41) is 12.4. The third-order valence-electron chi connectivity index (χ3n) is 4.04. The molecular weight excluding hydrogens is 463 g/mol. The molecule has 0 atom stereocenters. The van der Waals surface area contributed by atoms with Crippen LogP contribution in [0.4, 0.5) is 11.4 Å². The summed E-state index contributed by atoms with van der Waals surface area (Å²) in [5.41, 5.74) is 1.71. The third kappa shape index (κ3) is 5.33. The van der Waals surface area contributed by atoms with Crippen LogP contribution in [-0.2, 0) is 14.3 Å². The molecule has 0 bridgehead atoms. The van der Waals surface area contributed by atoms with Crippen LogP contribution in [0.1, 0.15) is 10.4 Å². The highest BCUT2D eigenvalue weighted by Gasteiger charge is 2.15. The molecule has 8 heteroatoms. The minimum Gasteiger partial charge on any atom is -0.507 e. The second-order valence-electron chi connectivity index (χ2n) is 5.93. The molecule has 1 aliphatic heterocycles. The van der Waals surface area contributed by atoms with Gasteiger partial charge in [-0.1, -0.05) is 0 Å². The largest absolute Gasteiger partial charge is 0.507 e. The predicted molar refractivity (Wildman–Crippen MR) is 109 cm³/mol. The van der Waals surface area contributed by atoms with Crippen molar-refractivity contribution in [2.45, 2.75) is 0 Å². The number of phenolic OH excluding ortho intramolecular Hbond substituents is 1. The van der Waals surface area contributed by atoms with Crippen LogP contribution in [0, 0.1) is 3.57 Å². The summed E-state index contributed by atoms with van der Waals surface area (Å²) in [6.07, 6.45) is 0. The zero-order chi connectivity index (χ0) is 19.2. The second-order valence-corrected chi connectivity index (χ2v) is 7.18. The number of carbonyl (C=O) groups excluding carboxylic acids is 2. The SMILES string of the molecule is O=C(COC(=O)c1cc(I)ccc1O)Nc1ccc(N2CCOCC2)cc1. The average molecular weight is 482 g/mol. The Morgan fingerprint density at radius 1 is 1.15 bits per heavy atom. The molecule has 27 heavy (non-hydrogen) atoms. The van der Waals surface area contributed by atoms with E-state index in [1.165, 1.54) is 12.1 Å². The zero-order valence-electron chi connectivity index (χ0n) is 14.5. The highest BCUT2D eigenvalue weighted by atomic mass is 127. The van der Waals surface area contributed by atoms with Crippen LogP contribution in [0.25, 0.3) is 0 Å². The smallest absolute Gasteiger partial charge is 0.342 e. The molecule has 2 aromatic carbocycles. The molecule has 2 N–H and O–H groups in total. The molecule has 0 aliphatic carbocycles. The van der Waals surface area contributed by atoms with Crippen molar-refractivity contribution in [3.8, 4) is 5.75 Å². The molecule has 1 saturated heterocycles. The van der Waals surface area contributed by atoms with E-state index >= 15 is 0 Å². The summed E-state index contributed by atoms with van der Waals surface area (Å²) in [5.74, 6) is -1.38. The number of esters is 1. The predicted octanol–water partition coefficient (Wildman–Crippen LogP) is 2.63. The van der Waals surface area contributed by atoms with E-state index in [1.807, 2.05) is 34.7 Å². The quantitative estimate of drug-likeness (QED) is 0.504. The van der Waals surface area contributed by atoms with Gasteiger partial charge in [0.25, 0.3) is 5.91 Å². The Morgan fingerprint density at radius 3 is 2.56 bits per heavy atom. The number of aromatic hydroxyl groups is 1. The number of carbonyl (C=O) groups is 2. The Bertz CT molecular complexity index is 819. The van der Waals surface area contributed by atoms with Crippen molar-refractivity contribution in [2.75, 3.05) is 43.1 Å². The van der Waals surface area contributed by atoms with Gasteiger partial charge in [0.1, 0.15) is 11.3 Å². The Kier molecular flexibility index (Phi) is 6.51. The lowest BCUT2D eigenvalue weighted by molar-refractivity contribution is -0.119. The first-order chi connectivity index (χ1) is 13.0. The molecule has 1 aliphatic rings. The van der Waals surface area contributed by atoms with Gasteiger partial charge in [-0.05, 0) is 65.1 Å². The van der Waals surface area contributed by atoms with E-state index in [1.54, 1.807) is 18.2 Å². The van der Waals surface area contributed by atoms with E-state index in [9.17, 15) is 14.7 Å². The van der Waals surface area contributed by atoms with E-state index < -0.39 is 18.5 Å². The number of nitrogens with zero attached hydrogens (tertiary/aromatic N) is 1. The lowest BCUT2D eigenvalue weighted by Crippen LogP contribution is -2.36. The normalized spacial score (nSPS) is 13.9. The topological polar surface area (TPSA) is 88.1 Å². The number of halogens is 1. The molecule has 1 fully saturated rings. The number of ether oxygens (including phenoxy) is 2. The van der Waals surface area contributed by atoms with Crippen LogP contribution in [0.15, 0.2) is 42.5 Å². The van der Waals surface area contributed by atoms with Gasteiger partial charge in [0.05, 0.1) is 13.2 Å². The summed E-state index contributed by atoms with van der Waals surface area (Å²) in [6, 6.07) is 12.0. The first-order valence-electron chi connectivity index (χ1n) is 8.41. The van der Waals surface area contributed by atoms with Crippen LogP contribution in [0.5, 0.6) is 5.75 Å². The molecule has 3 rings (SSSR count). The van der Waals surface area contributed by atoms with Crippen molar-refractivity contribution in [1.82, 2.24) is 0 Å². The third-order valence-corrected chi connectivity index (χ3v) is 4.71. The van der Waals surface area contributed by atoms with Gasteiger partial charge in [-0.3, -0.25) is 4.79 Å². The van der Waals surface area contributed by atoms with Crippen LogP contribution in [0.3, 0.4) is 0 Å². The first kappa shape index (κ1) is 19.4. The van der Waals surface area contributed by atoms with Crippen molar-refractivity contribution in [3.63, 3.8) is 0 Å². The molecule has 0 saturated carbocycles. The van der Waals surface area contributed by atoms with Crippen molar-refractivity contribution in [1.29, 1.82) is 0 Å². The number of hydrogen-bond acceptors (Lipinski definition) is 6. The molecule has 0 spiro atoms. The molecule has 7 nitrogen and oxygen atoms in total. The molecule has 0 radical (unpaired) electrons. The number of hydrogen-bond donors (Lipinski definition) is 2. The van der Waals surface area contributed by atoms with Crippen LogP contribution < -0.4 is 10.2 Å². The van der Waals surface area contributed by atoms with E-state index in [-0.39, 0.29) is 11.3 Å². The second kappa shape index (κ2) is 9.05. The maximum Gasteiger partial charge on any atom is 0.342 e. The number of rotatable bonds is 5. The Balaban J connectivity index is 1.51. The summed E-state index contributed by atoms with van der Waals surface area (Å²) >= 11 is 2.02. The maximum absolute atomic E-state index is 12.0. The minimum absolute atomic E-state index is 0.0320. The Morgan fingerprint density at radius 2 is 1.85 bits per heavy atom. The van der Waals surface area contributed by atoms with Crippen molar-refractivity contribution < 1.29 is 24.2 Å². The lowest BCUT2D eigenvalue weighted by atomic mass is 10.2. The zero-order valence-corrected chi connectivity index (χ0v) is 16.6. The van der Waals surface area contributed by atoms with Gasteiger partial charge in [-0.2, -0.15) is 0 Å². The van der Waals surface area contributed by atoms with Gasteiger partial charge in [-0.25, -0.2) is 4.79 Å². The molecule has 0 aromatic heterocycles. The fourth-order valence-electron chi connectivity index (χ4n) is 2.65. The van der Waals surface area contributed by atoms with E-state index in [0.717, 1.165) is 22.3 Å². The fraction of sp³-hybridized carbons (Fsp3) is 0.263. The molecule has 142 valence electrons. The molecule has 1 heterocycles. The van der Waals surface area contributed by atoms with Crippen molar-refractivity contribution >= 4 is 45.8 Å². The van der Waals surface area contributed by atoms with Crippen molar-refractivity contribution in [2.24, 2.45) is 0 Å².